The Bertz CT molecular complexity index is 203. The van der Waals surface area contributed by atoms with Gasteiger partial charge in [0, 0.05) is 0 Å². The molecule has 0 radical (unpaired) electrons. The van der Waals surface area contributed by atoms with Crippen molar-refractivity contribution in [1.29, 1.82) is 0 Å². The summed E-state index contributed by atoms with van der Waals surface area (Å²) in [5.41, 5.74) is 1.42. The summed E-state index contributed by atoms with van der Waals surface area (Å²) in [6.45, 7) is 2.23. The molecule has 0 saturated heterocycles. The predicted molar refractivity (Wildman–Crippen MR) is 51.1 cm³/mol. The average Bonchev–Trinajstić information content (AvgIpc) is 1.88. The second-order valence-electron chi connectivity index (χ2n) is 2.34. The van der Waals surface area contributed by atoms with Crippen molar-refractivity contribution < 1.29 is 0 Å². The summed E-state index contributed by atoms with van der Waals surface area (Å²) in [5, 5.41) is 0. The van der Waals surface area contributed by atoms with Crippen LogP contribution in [0.15, 0.2) is 28.7 Å². The molecule has 0 aliphatic rings. The number of benzene rings is 1. The van der Waals surface area contributed by atoms with E-state index in [0.717, 1.165) is 4.47 Å². The maximum absolute atomic E-state index is 3.40. The molecule has 0 bridgehead atoms. The van der Waals surface area contributed by atoms with E-state index in [0.29, 0.717) is 4.71 Å². The zero-order chi connectivity index (χ0) is 7.56. The van der Waals surface area contributed by atoms with Crippen LogP contribution < -0.4 is 0 Å². The molecule has 2 heteroatoms. The summed E-state index contributed by atoms with van der Waals surface area (Å²) in [5.74, 6) is 0. The standard InChI is InChI=1S/C8H10AsBr/c1-6(9)7-2-4-8(10)5-3-7/h2-6H,9H2,1H3. The van der Waals surface area contributed by atoms with Gasteiger partial charge < -0.3 is 0 Å². The van der Waals surface area contributed by atoms with E-state index < -0.39 is 0 Å². The average molecular weight is 261 g/mol. The molecular formula is C8H10AsBr. The second kappa shape index (κ2) is 3.59. The monoisotopic (exact) mass is 260 g/mol. The van der Waals surface area contributed by atoms with Crippen LogP contribution in [0.3, 0.4) is 0 Å². The molecule has 1 aromatic carbocycles. The van der Waals surface area contributed by atoms with Crippen molar-refractivity contribution >= 4 is 32.8 Å². The fourth-order valence-corrected chi connectivity index (χ4v) is 1.50. The van der Waals surface area contributed by atoms with Gasteiger partial charge in [0.2, 0.25) is 0 Å². The van der Waals surface area contributed by atoms with Crippen molar-refractivity contribution in [3.8, 4) is 0 Å². The molecule has 0 spiro atoms. The van der Waals surface area contributed by atoms with Crippen molar-refractivity contribution in [3.05, 3.63) is 34.3 Å². The van der Waals surface area contributed by atoms with Crippen molar-refractivity contribution in [2.75, 3.05) is 0 Å². The van der Waals surface area contributed by atoms with Gasteiger partial charge in [0.05, 0.1) is 0 Å². The summed E-state index contributed by atoms with van der Waals surface area (Å²) in [6.07, 6.45) is 0. The van der Waals surface area contributed by atoms with Gasteiger partial charge in [0.25, 0.3) is 0 Å². The summed E-state index contributed by atoms with van der Waals surface area (Å²) >= 11 is 5.17. The van der Waals surface area contributed by atoms with E-state index in [4.69, 9.17) is 0 Å². The van der Waals surface area contributed by atoms with Crippen molar-refractivity contribution in [2.24, 2.45) is 0 Å². The second-order valence-corrected chi connectivity index (χ2v) is 5.35. The Balaban J connectivity index is 2.89. The topological polar surface area (TPSA) is 0 Å². The summed E-state index contributed by atoms with van der Waals surface area (Å²) in [7, 11) is 0. The molecule has 1 rings (SSSR count). The maximum atomic E-state index is 3.40. The molecule has 0 heterocycles. The summed E-state index contributed by atoms with van der Waals surface area (Å²) in [4.78, 5) is 0. The van der Waals surface area contributed by atoms with E-state index >= 15 is 0 Å². The normalized spacial score (nSPS) is 13.1. The first-order valence-electron chi connectivity index (χ1n) is 3.21. The molecule has 54 valence electrons. The van der Waals surface area contributed by atoms with Gasteiger partial charge in [-0.25, -0.2) is 0 Å². The third-order valence-electron chi connectivity index (χ3n) is 1.40. The van der Waals surface area contributed by atoms with Gasteiger partial charge in [0.1, 0.15) is 0 Å². The van der Waals surface area contributed by atoms with E-state index in [1.54, 1.807) is 16.9 Å². The zero-order valence-electron chi connectivity index (χ0n) is 5.84. The van der Waals surface area contributed by atoms with E-state index in [1.807, 2.05) is 0 Å². The first-order chi connectivity index (χ1) is 4.70. The van der Waals surface area contributed by atoms with Gasteiger partial charge >= 0.3 is 78.7 Å². The van der Waals surface area contributed by atoms with Crippen LogP contribution in [-0.2, 0) is 0 Å². The Kier molecular flexibility index (Phi) is 3.00. The SMILES string of the molecule is CC([AsH2])c1ccc(Br)cc1. The van der Waals surface area contributed by atoms with Crippen LogP contribution in [0, 0.1) is 0 Å². The summed E-state index contributed by atoms with van der Waals surface area (Å²) in [6, 6.07) is 8.50. The van der Waals surface area contributed by atoms with Crippen LogP contribution in [-0.4, -0.2) is 16.9 Å². The van der Waals surface area contributed by atoms with E-state index in [-0.39, 0.29) is 0 Å². The van der Waals surface area contributed by atoms with Crippen molar-refractivity contribution in [2.45, 2.75) is 11.6 Å². The molecule has 0 fully saturated rings. The van der Waals surface area contributed by atoms with Crippen LogP contribution >= 0.6 is 15.9 Å². The molecule has 10 heavy (non-hydrogen) atoms. The fourth-order valence-electron chi connectivity index (χ4n) is 0.766. The molecule has 0 saturated carbocycles. The van der Waals surface area contributed by atoms with Gasteiger partial charge in [-0.1, -0.05) is 0 Å². The third kappa shape index (κ3) is 2.14. The number of hydrogen-bond acceptors (Lipinski definition) is 0. The Morgan fingerprint density at radius 1 is 1.30 bits per heavy atom. The zero-order valence-corrected chi connectivity index (χ0v) is 9.85. The number of rotatable bonds is 1. The molecule has 0 nitrogen and oxygen atoms in total. The van der Waals surface area contributed by atoms with E-state index in [1.165, 1.54) is 5.56 Å². The van der Waals surface area contributed by atoms with Crippen LogP contribution in [0.4, 0.5) is 0 Å². The first-order valence-corrected chi connectivity index (χ1v) is 5.40. The third-order valence-corrected chi connectivity index (χ3v) is 2.73. The fraction of sp³-hybridized carbons (Fsp3) is 0.250. The molecule has 0 aliphatic heterocycles. The first kappa shape index (κ1) is 8.36. The molecular weight excluding hydrogens is 251 g/mol. The molecule has 0 aliphatic carbocycles. The predicted octanol–water partition coefficient (Wildman–Crippen LogP) is 2.14. The minimum absolute atomic E-state index is 0.695. The Labute approximate surface area is 78.6 Å². The van der Waals surface area contributed by atoms with Gasteiger partial charge in [-0.05, 0) is 0 Å². The Hall–Kier alpha value is 0.258. The molecule has 1 aromatic rings. The van der Waals surface area contributed by atoms with Crippen LogP contribution in [0.5, 0.6) is 0 Å². The Morgan fingerprint density at radius 2 is 1.80 bits per heavy atom. The quantitative estimate of drug-likeness (QED) is 0.679. The van der Waals surface area contributed by atoms with E-state index in [9.17, 15) is 0 Å². The van der Waals surface area contributed by atoms with Crippen molar-refractivity contribution in [3.63, 3.8) is 0 Å². The minimum atomic E-state index is 0.695. The van der Waals surface area contributed by atoms with E-state index in [2.05, 4.69) is 47.1 Å². The van der Waals surface area contributed by atoms with Crippen LogP contribution in [0.25, 0.3) is 0 Å². The number of hydrogen-bond donors (Lipinski definition) is 0. The van der Waals surface area contributed by atoms with Gasteiger partial charge in [-0.2, -0.15) is 0 Å². The molecule has 2 unspecified atom stereocenters. The molecule has 0 aromatic heterocycles. The van der Waals surface area contributed by atoms with Gasteiger partial charge in [-0.15, -0.1) is 0 Å². The Morgan fingerprint density at radius 3 is 2.20 bits per heavy atom. The molecule has 0 N–H and O–H groups in total. The van der Waals surface area contributed by atoms with Crippen LogP contribution in [0.2, 0.25) is 0 Å². The van der Waals surface area contributed by atoms with Crippen LogP contribution in [0.1, 0.15) is 17.2 Å². The van der Waals surface area contributed by atoms with Gasteiger partial charge in [-0.3, -0.25) is 0 Å². The molecule has 2 atom stereocenters. The van der Waals surface area contributed by atoms with Gasteiger partial charge in [0.15, 0.2) is 0 Å². The van der Waals surface area contributed by atoms with Crippen molar-refractivity contribution in [1.82, 2.24) is 0 Å². The molecule has 0 amide bonds. The number of halogens is 1. The summed E-state index contributed by atoms with van der Waals surface area (Å²) < 4.78 is 1.85.